The lowest BCUT2D eigenvalue weighted by Crippen LogP contribution is -2.07. The van der Waals surface area contributed by atoms with E-state index in [1.54, 1.807) is 0 Å². The lowest BCUT2D eigenvalue weighted by molar-refractivity contribution is 0.265. The summed E-state index contributed by atoms with van der Waals surface area (Å²) in [4.78, 5) is 18.0. The first-order valence-corrected chi connectivity index (χ1v) is 8.39. The molecule has 0 heterocycles. The van der Waals surface area contributed by atoms with Gasteiger partial charge in [-0.1, -0.05) is 37.2 Å². The summed E-state index contributed by atoms with van der Waals surface area (Å²) in [6.07, 6.45) is 1.46. The molecule has 0 bridgehead atoms. The van der Waals surface area contributed by atoms with Crippen LogP contribution in [0.4, 0.5) is 0 Å². The highest BCUT2D eigenvalue weighted by molar-refractivity contribution is 8.06. The van der Waals surface area contributed by atoms with Crippen molar-refractivity contribution in [2.24, 2.45) is 5.16 Å². The van der Waals surface area contributed by atoms with E-state index in [4.69, 9.17) is 9.79 Å². The van der Waals surface area contributed by atoms with Gasteiger partial charge in [-0.2, -0.15) is 5.26 Å². The monoisotopic (exact) mass is 298 g/mol. The van der Waals surface area contributed by atoms with Crippen LogP contribution in [0.1, 0.15) is 30.5 Å². The van der Waals surface area contributed by atoms with Crippen molar-refractivity contribution in [1.82, 2.24) is 0 Å². The zero-order valence-corrected chi connectivity index (χ0v) is 12.4. The summed E-state index contributed by atoms with van der Waals surface area (Å²) in [6.45, 7) is 0.0320. The molecule has 2 N–H and O–H groups in total. The van der Waals surface area contributed by atoms with Crippen molar-refractivity contribution in [2.45, 2.75) is 26.7 Å². The highest BCUT2D eigenvalue weighted by Crippen LogP contribution is 2.37. The van der Waals surface area contributed by atoms with Crippen LogP contribution in [0.3, 0.4) is 0 Å². The molecule has 5 nitrogen and oxygen atoms in total. The summed E-state index contributed by atoms with van der Waals surface area (Å²) in [5.41, 5.74) is 2.59. The van der Waals surface area contributed by atoms with Crippen LogP contribution in [0.5, 0.6) is 0 Å². The predicted octanol–water partition coefficient (Wildman–Crippen LogP) is 2.26. The molecule has 1 aromatic rings. The number of hydrogen-bond donors (Lipinski definition) is 2. The van der Waals surface area contributed by atoms with Gasteiger partial charge >= 0.3 is 6.72 Å². The zero-order chi connectivity index (χ0) is 14.5. The Morgan fingerprint density at radius 2 is 1.89 bits per heavy atom. The average Bonchev–Trinajstić information content (AvgIpc) is 2.38. The van der Waals surface area contributed by atoms with E-state index < -0.39 is 6.72 Å². The Kier molecular flexibility index (Phi) is 5.64. The van der Waals surface area contributed by atoms with Gasteiger partial charge in [0, 0.05) is 17.4 Å². The second-order valence-corrected chi connectivity index (χ2v) is 6.35. The fourth-order valence-electron chi connectivity index (χ4n) is 1.76. The van der Waals surface area contributed by atoms with Crippen molar-refractivity contribution in [2.75, 3.05) is 0 Å². The number of oxime groups is 1. The standard InChI is InChI=1S/C12H15N2O3PS/c1-3-9-6-5-7-10(4-2)12(9)11(8-13)14-17-18(15,16)19/h5-7H,3-4H2,1-2H3,(H2,15,16,19)/b14-11-. The van der Waals surface area contributed by atoms with Gasteiger partial charge in [0.15, 0.2) is 5.71 Å². The molecule has 0 spiro atoms. The van der Waals surface area contributed by atoms with E-state index in [0.29, 0.717) is 5.56 Å². The zero-order valence-electron chi connectivity index (χ0n) is 10.7. The summed E-state index contributed by atoms with van der Waals surface area (Å²) in [5, 5.41) is 12.7. The molecule has 0 aliphatic carbocycles. The van der Waals surface area contributed by atoms with Gasteiger partial charge < -0.3 is 14.4 Å². The molecular weight excluding hydrogens is 283 g/mol. The molecule has 0 fully saturated rings. The number of benzene rings is 1. The summed E-state index contributed by atoms with van der Waals surface area (Å²) in [6, 6.07) is 7.63. The molecule has 0 aromatic heterocycles. The molecule has 1 aromatic carbocycles. The van der Waals surface area contributed by atoms with Crippen molar-refractivity contribution in [3.8, 4) is 6.07 Å². The number of hydrogen-bond acceptors (Lipinski definition) is 4. The number of rotatable bonds is 5. The third-order valence-corrected chi connectivity index (χ3v) is 3.07. The van der Waals surface area contributed by atoms with E-state index in [1.807, 2.05) is 38.1 Å². The largest absolute Gasteiger partial charge is 0.397 e. The van der Waals surface area contributed by atoms with Gasteiger partial charge in [0.1, 0.15) is 6.07 Å². The van der Waals surface area contributed by atoms with Crippen LogP contribution in [-0.2, 0) is 29.3 Å². The molecule has 7 heteroatoms. The minimum absolute atomic E-state index is 0.00613. The van der Waals surface area contributed by atoms with Gasteiger partial charge in [-0.15, -0.1) is 0 Å². The first kappa shape index (κ1) is 15.8. The first-order chi connectivity index (χ1) is 8.92. The molecule has 0 saturated carbocycles. The summed E-state index contributed by atoms with van der Waals surface area (Å²) >= 11 is 4.31. The topological polar surface area (TPSA) is 85.8 Å². The SMILES string of the molecule is CCc1cccc(CC)c1/C(C#N)=N\OP(O)(O)=S. The molecule has 0 atom stereocenters. The summed E-state index contributed by atoms with van der Waals surface area (Å²) in [5.74, 6) is 0. The van der Waals surface area contributed by atoms with Crippen LogP contribution in [0.25, 0.3) is 0 Å². The Morgan fingerprint density at radius 3 is 2.26 bits per heavy atom. The Hall–Kier alpha value is -1.25. The van der Waals surface area contributed by atoms with Gasteiger partial charge in [-0.3, -0.25) is 0 Å². The molecular formula is C12H15N2O3PS. The maximum absolute atomic E-state index is 9.17. The van der Waals surface area contributed by atoms with E-state index in [1.165, 1.54) is 0 Å². The Labute approximate surface area is 117 Å². The van der Waals surface area contributed by atoms with Crippen LogP contribution < -0.4 is 0 Å². The third kappa shape index (κ3) is 4.41. The molecule has 0 unspecified atom stereocenters. The Balaban J connectivity index is 3.33. The Bertz CT molecular complexity index is 553. The maximum atomic E-state index is 9.17. The average molecular weight is 298 g/mol. The Morgan fingerprint density at radius 1 is 1.37 bits per heavy atom. The van der Waals surface area contributed by atoms with Crippen LogP contribution in [0, 0.1) is 11.3 Å². The van der Waals surface area contributed by atoms with Gasteiger partial charge in [0.05, 0.1) is 0 Å². The van der Waals surface area contributed by atoms with Crippen molar-refractivity contribution in [3.05, 3.63) is 34.9 Å². The number of nitrogens with zero attached hydrogens (tertiary/aromatic N) is 2. The van der Waals surface area contributed by atoms with Crippen LogP contribution in [0.2, 0.25) is 0 Å². The smallest absolute Gasteiger partial charge is 0.314 e. The highest BCUT2D eigenvalue weighted by atomic mass is 32.5. The highest BCUT2D eigenvalue weighted by Gasteiger charge is 2.15. The van der Waals surface area contributed by atoms with Crippen molar-refractivity contribution in [3.63, 3.8) is 0 Å². The van der Waals surface area contributed by atoms with Crippen LogP contribution >= 0.6 is 6.72 Å². The van der Waals surface area contributed by atoms with Crippen LogP contribution in [-0.4, -0.2) is 15.5 Å². The van der Waals surface area contributed by atoms with Crippen molar-refractivity contribution >= 4 is 24.2 Å². The summed E-state index contributed by atoms with van der Waals surface area (Å²) < 4.78 is 4.44. The lowest BCUT2D eigenvalue weighted by Gasteiger charge is -2.11. The van der Waals surface area contributed by atoms with E-state index in [9.17, 15) is 5.26 Å². The third-order valence-electron chi connectivity index (χ3n) is 2.58. The van der Waals surface area contributed by atoms with E-state index in [-0.39, 0.29) is 5.71 Å². The first-order valence-electron chi connectivity index (χ1n) is 5.76. The lowest BCUT2D eigenvalue weighted by atomic mass is 9.94. The van der Waals surface area contributed by atoms with Crippen LogP contribution in [0.15, 0.2) is 23.4 Å². The fourth-order valence-corrected chi connectivity index (χ4v) is 2.05. The number of aryl methyl sites for hydroxylation is 2. The molecule has 19 heavy (non-hydrogen) atoms. The minimum Gasteiger partial charge on any atom is -0.314 e. The van der Waals surface area contributed by atoms with E-state index in [2.05, 4.69) is 21.6 Å². The van der Waals surface area contributed by atoms with Gasteiger partial charge in [-0.05, 0) is 24.0 Å². The predicted molar refractivity (Wildman–Crippen MR) is 77.2 cm³/mol. The number of nitriles is 1. The normalized spacial score (nSPS) is 12.1. The minimum atomic E-state index is -3.91. The van der Waals surface area contributed by atoms with E-state index >= 15 is 0 Å². The quantitative estimate of drug-likeness (QED) is 0.495. The molecule has 102 valence electrons. The second kappa shape index (κ2) is 6.78. The van der Waals surface area contributed by atoms with Crippen molar-refractivity contribution < 1.29 is 14.4 Å². The van der Waals surface area contributed by atoms with Gasteiger partial charge in [0.2, 0.25) is 0 Å². The molecule has 1 rings (SSSR count). The molecule has 0 amide bonds. The second-order valence-electron chi connectivity index (χ2n) is 3.78. The fraction of sp³-hybridized carbons (Fsp3) is 0.333. The van der Waals surface area contributed by atoms with Crippen molar-refractivity contribution in [1.29, 1.82) is 5.26 Å². The van der Waals surface area contributed by atoms with E-state index in [0.717, 1.165) is 24.0 Å². The summed E-state index contributed by atoms with van der Waals surface area (Å²) in [7, 11) is 0. The molecule has 0 aliphatic rings. The molecule has 0 saturated heterocycles. The molecule has 0 radical (unpaired) electrons. The maximum Gasteiger partial charge on any atom is 0.397 e. The van der Waals surface area contributed by atoms with Gasteiger partial charge in [-0.25, -0.2) is 0 Å². The molecule has 0 aliphatic heterocycles. The van der Waals surface area contributed by atoms with Gasteiger partial charge in [0.25, 0.3) is 0 Å².